The van der Waals surface area contributed by atoms with Crippen molar-refractivity contribution in [2.75, 3.05) is 26.2 Å². The lowest BCUT2D eigenvalue weighted by Gasteiger charge is -2.34. The fourth-order valence-electron chi connectivity index (χ4n) is 2.45. The predicted octanol–water partition coefficient (Wildman–Crippen LogP) is 0.829. The van der Waals surface area contributed by atoms with Gasteiger partial charge in [-0.05, 0) is 0 Å². The molecule has 0 saturated carbocycles. The Labute approximate surface area is 111 Å². The van der Waals surface area contributed by atoms with Crippen LogP contribution in [0.25, 0.3) is 0 Å². The molecule has 0 unspecified atom stereocenters. The van der Waals surface area contributed by atoms with Gasteiger partial charge in [0, 0.05) is 25.6 Å². The summed E-state index contributed by atoms with van der Waals surface area (Å²) in [7, 11) is 0. The van der Waals surface area contributed by atoms with Crippen LogP contribution >= 0.6 is 0 Å². The first-order valence-corrected chi connectivity index (χ1v) is 6.61. The minimum atomic E-state index is -0.190. The summed E-state index contributed by atoms with van der Waals surface area (Å²) in [6.07, 6.45) is -0.190. The molecular weight excluding hydrogens is 248 g/mol. The fraction of sp³-hybridized carbons (Fsp3) is 0.750. The van der Waals surface area contributed by atoms with Crippen molar-refractivity contribution in [1.29, 1.82) is 0 Å². The maximum absolute atomic E-state index is 11.4. The topological polar surface area (TPSA) is 71.7 Å². The molecule has 0 aromatic carbocycles. The number of rotatable bonds is 3. The van der Waals surface area contributed by atoms with Crippen LogP contribution in [-0.4, -0.2) is 58.4 Å². The van der Waals surface area contributed by atoms with Gasteiger partial charge in [-0.25, -0.2) is 4.79 Å². The van der Waals surface area contributed by atoms with Gasteiger partial charge in [0.1, 0.15) is 6.61 Å². The summed E-state index contributed by atoms with van der Waals surface area (Å²) in [5, 5.41) is 8.09. The van der Waals surface area contributed by atoms with Crippen LogP contribution in [0.1, 0.15) is 31.5 Å². The van der Waals surface area contributed by atoms with E-state index in [2.05, 4.69) is 15.1 Å². The zero-order valence-corrected chi connectivity index (χ0v) is 11.2. The van der Waals surface area contributed by atoms with E-state index in [9.17, 15) is 4.79 Å². The first-order valence-electron chi connectivity index (χ1n) is 6.61. The number of amides is 1. The van der Waals surface area contributed by atoms with Gasteiger partial charge in [-0.2, -0.15) is 0 Å². The normalized spacial score (nSPS) is 23.8. The van der Waals surface area contributed by atoms with Crippen molar-refractivity contribution in [2.45, 2.75) is 32.4 Å². The third kappa shape index (κ3) is 2.42. The van der Waals surface area contributed by atoms with Crippen LogP contribution in [0.3, 0.4) is 0 Å². The van der Waals surface area contributed by atoms with Gasteiger partial charge in [0.15, 0.2) is 0 Å². The summed E-state index contributed by atoms with van der Waals surface area (Å²) >= 11 is 0. The van der Waals surface area contributed by atoms with Crippen LogP contribution in [0, 0.1) is 0 Å². The standard InChI is InChI=1S/C12H18N4O3/c1-8(2)11-14-13-10(19-11)6-15-3-4-16-9(5-15)7-18-12(16)17/h8-9H,3-7H2,1-2H3/t9-/m0/s1. The molecule has 1 amide bonds. The van der Waals surface area contributed by atoms with Crippen molar-refractivity contribution in [3.8, 4) is 0 Å². The molecule has 0 bridgehead atoms. The van der Waals surface area contributed by atoms with Crippen LogP contribution < -0.4 is 0 Å². The minimum Gasteiger partial charge on any atom is -0.447 e. The van der Waals surface area contributed by atoms with Crippen LogP contribution in [0.5, 0.6) is 0 Å². The summed E-state index contributed by atoms with van der Waals surface area (Å²) in [5.41, 5.74) is 0. The highest BCUT2D eigenvalue weighted by Gasteiger charge is 2.37. The Kier molecular flexibility index (Phi) is 3.14. The Morgan fingerprint density at radius 1 is 1.37 bits per heavy atom. The van der Waals surface area contributed by atoms with Crippen LogP contribution in [0.15, 0.2) is 4.42 Å². The van der Waals surface area contributed by atoms with Gasteiger partial charge in [0.25, 0.3) is 0 Å². The highest BCUT2D eigenvalue weighted by atomic mass is 16.6. The van der Waals surface area contributed by atoms with Crippen molar-refractivity contribution < 1.29 is 13.9 Å². The zero-order valence-electron chi connectivity index (χ0n) is 11.2. The molecule has 2 aliphatic heterocycles. The maximum atomic E-state index is 11.4. The molecule has 104 valence electrons. The zero-order chi connectivity index (χ0) is 13.4. The molecule has 7 heteroatoms. The minimum absolute atomic E-state index is 0.161. The van der Waals surface area contributed by atoms with Gasteiger partial charge in [-0.15, -0.1) is 10.2 Å². The molecule has 0 aliphatic carbocycles. The van der Waals surface area contributed by atoms with E-state index in [1.165, 1.54) is 0 Å². The van der Waals surface area contributed by atoms with E-state index in [4.69, 9.17) is 9.15 Å². The Balaban J connectivity index is 1.60. The molecule has 0 radical (unpaired) electrons. The number of aromatic nitrogens is 2. The lowest BCUT2D eigenvalue weighted by Crippen LogP contribution is -2.51. The number of fused-ring (bicyclic) bond motifs is 1. The monoisotopic (exact) mass is 266 g/mol. The van der Waals surface area contributed by atoms with Gasteiger partial charge >= 0.3 is 6.09 Å². The van der Waals surface area contributed by atoms with Crippen molar-refractivity contribution in [2.24, 2.45) is 0 Å². The molecule has 19 heavy (non-hydrogen) atoms. The SMILES string of the molecule is CC(C)c1nnc(CN2CCN3C(=O)OC[C@@H]3C2)o1. The number of piperazine rings is 1. The van der Waals surface area contributed by atoms with E-state index in [-0.39, 0.29) is 18.1 Å². The summed E-state index contributed by atoms with van der Waals surface area (Å²) in [4.78, 5) is 15.4. The van der Waals surface area contributed by atoms with Crippen molar-refractivity contribution >= 4 is 6.09 Å². The Bertz CT molecular complexity index is 473. The van der Waals surface area contributed by atoms with Crippen molar-refractivity contribution in [1.82, 2.24) is 20.0 Å². The van der Waals surface area contributed by atoms with Gasteiger partial charge in [0.05, 0.1) is 12.6 Å². The molecule has 3 rings (SSSR count). The van der Waals surface area contributed by atoms with Crippen molar-refractivity contribution in [3.05, 3.63) is 11.8 Å². The van der Waals surface area contributed by atoms with E-state index in [0.717, 1.165) is 13.1 Å². The number of hydrogen-bond donors (Lipinski definition) is 0. The average molecular weight is 266 g/mol. The van der Waals surface area contributed by atoms with Gasteiger partial charge in [-0.1, -0.05) is 13.8 Å². The van der Waals surface area contributed by atoms with Crippen LogP contribution in [0.4, 0.5) is 4.79 Å². The quantitative estimate of drug-likeness (QED) is 0.807. The summed E-state index contributed by atoms with van der Waals surface area (Å²) in [5.74, 6) is 1.56. The smallest absolute Gasteiger partial charge is 0.410 e. The first-order chi connectivity index (χ1) is 9.13. The van der Waals surface area contributed by atoms with Gasteiger partial charge in [0.2, 0.25) is 11.8 Å². The number of carbonyl (C=O) groups excluding carboxylic acids is 1. The molecule has 3 heterocycles. The van der Waals surface area contributed by atoms with E-state index < -0.39 is 0 Å². The molecule has 1 aromatic heterocycles. The largest absolute Gasteiger partial charge is 0.447 e. The molecule has 7 nitrogen and oxygen atoms in total. The lowest BCUT2D eigenvalue weighted by atomic mass is 10.2. The van der Waals surface area contributed by atoms with E-state index in [1.54, 1.807) is 4.90 Å². The summed E-state index contributed by atoms with van der Waals surface area (Å²) < 4.78 is 10.6. The third-order valence-electron chi connectivity index (χ3n) is 3.54. The summed E-state index contributed by atoms with van der Waals surface area (Å²) in [6.45, 7) is 7.48. The average Bonchev–Trinajstić information content (AvgIpc) is 2.97. The highest BCUT2D eigenvalue weighted by Crippen LogP contribution is 2.19. The Morgan fingerprint density at radius 3 is 2.95 bits per heavy atom. The molecule has 0 N–H and O–H groups in total. The number of ether oxygens (including phenoxy) is 1. The van der Waals surface area contributed by atoms with E-state index in [1.807, 2.05) is 13.8 Å². The molecular formula is C12H18N4O3. The predicted molar refractivity (Wildman–Crippen MR) is 65.5 cm³/mol. The molecule has 1 aromatic rings. The Morgan fingerprint density at radius 2 is 2.21 bits per heavy atom. The maximum Gasteiger partial charge on any atom is 0.410 e. The van der Waals surface area contributed by atoms with Crippen LogP contribution in [0.2, 0.25) is 0 Å². The fourth-order valence-corrected chi connectivity index (χ4v) is 2.45. The second-order valence-corrected chi connectivity index (χ2v) is 5.35. The number of carbonyl (C=O) groups is 1. The van der Waals surface area contributed by atoms with Gasteiger partial charge in [-0.3, -0.25) is 9.80 Å². The summed E-state index contributed by atoms with van der Waals surface area (Å²) in [6, 6.07) is 0.161. The molecule has 2 aliphatic rings. The van der Waals surface area contributed by atoms with Crippen LogP contribution in [-0.2, 0) is 11.3 Å². The lowest BCUT2D eigenvalue weighted by molar-refractivity contribution is 0.109. The third-order valence-corrected chi connectivity index (χ3v) is 3.54. The number of cyclic esters (lactones) is 1. The highest BCUT2D eigenvalue weighted by molar-refractivity contribution is 5.70. The second-order valence-electron chi connectivity index (χ2n) is 5.35. The van der Waals surface area contributed by atoms with E-state index >= 15 is 0 Å². The second kappa shape index (κ2) is 4.80. The molecule has 1 atom stereocenters. The number of nitrogens with zero attached hydrogens (tertiary/aromatic N) is 4. The van der Waals surface area contributed by atoms with Crippen molar-refractivity contribution in [3.63, 3.8) is 0 Å². The molecule has 2 fully saturated rings. The van der Waals surface area contributed by atoms with E-state index in [0.29, 0.717) is 31.5 Å². The molecule has 0 spiro atoms. The number of hydrogen-bond acceptors (Lipinski definition) is 6. The molecule has 2 saturated heterocycles. The van der Waals surface area contributed by atoms with Gasteiger partial charge < -0.3 is 9.15 Å². The first kappa shape index (κ1) is 12.4. The Hall–Kier alpha value is -1.63.